The summed E-state index contributed by atoms with van der Waals surface area (Å²) in [5, 5.41) is 11.2. The minimum Gasteiger partial charge on any atom is -0.481 e. The van der Waals surface area contributed by atoms with Crippen molar-refractivity contribution in [3.05, 3.63) is 0 Å². The van der Waals surface area contributed by atoms with E-state index in [4.69, 9.17) is 5.11 Å². The van der Waals surface area contributed by atoms with E-state index < -0.39 is 5.97 Å². The molecule has 2 N–H and O–H groups in total. The van der Waals surface area contributed by atoms with Crippen LogP contribution in [0.4, 0.5) is 0 Å². The molecule has 4 heteroatoms. The molecule has 1 saturated carbocycles. The summed E-state index contributed by atoms with van der Waals surface area (Å²) >= 11 is 0. The second kappa shape index (κ2) is 3.13. The van der Waals surface area contributed by atoms with Gasteiger partial charge in [-0.1, -0.05) is 0 Å². The van der Waals surface area contributed by atoms with Gasteiger partial charge >= 0.3 is 5.97 Å². The van der Waals surface area contributed by atoms with Crippen molar-refractivity contribution in [2.75, 3.05) is 6.54 Å². The second-order valence-electron chi connectivity index (χ2n) is 3.48. The number of amides is 1. The topological polar surface area (TPSA) is 66.4 Å². The third-order valence-electron chi connectivity index (χ3n) is 2.20. The largest absolute Gasteiger partial charge is 0.481 e. The maximum Gasteiger partial charge on any atom is 0.303 e. The zero-order valence-corrected chi connectivity index (χ0v) is 7.09. The van der Waals surface area contributed by atoms with Gasteiger partial charge in [-0.15, -0.1) is 0 Å². The van der Waals surface area contributed by atoms with Gasteiger partial charge < -0.3 is 10.4 Å². The molecule has 0 radical (unpaired) electrons. The van der Waals surface area contributed by atoms with Crippen molar-refractivity contribution in [1.82, 2.24) is 5.32 Å². The van der Waals surface area contributed by atoms with Crippen molar-refractivity contribution in [3.63, 3.8) is 0 Å². The fourth-order valence-electron chi connectivity index (χ4n) is 1.23. The molecule has 1 amide bonds. The molecular weight excluding hydrogens is 158 g/mol. The van der Waals surface area contributed by atoms with Crippen LogP contribution in [0, 0.1) is 5.41 Å². The number of hydrogen-bond donors (Lipinski definition) is 2. The SMILES string of the molecule is CC(=O)NCC1(CC(=O)O)CC1. The van der Waals surface area contributed by atoms with E-state index in [-0.39, 0.29) is 17.7 Å². The molecule has 0 atom stereocenters. The van der Waals surface area contributed by atoms with E-state index in [1.54, 1.807) is 0 Å². The van der Waals surface area contributed by atoms with Gasteiger partial charge in [-0.2, -0.15) is 0 Å². The van der Waals surface area contributed by atoms with Gasteiger partial charge in [0.15, 0.2) is 0 Å². The summed E-state index contributed by atoms with van der Waals surface area (Å²) < 4.78 is 0. The molecule has 4 nitrogen and oxygen atoms in total. The Morgan fingerprint density at radius 3 is 2.42 bits per heavy atom. The van der Waals surface area contributed by atoms with E-state index in [0.29, 0.717) is 6.54 Å². The summed E-state index contributed by atoms with van der Waals surface area (Å²) in [6.45, 7) is 1.95. The number of carbonyl (C=O) groups excluding carboxylic acids is 1. The smallest absolute Gasteiger partial charge is 0.303 e. The molecule has 0 aliphatic heterocycles. The normalized spacial score (nSPS) is 18.4. The first-order valence-corrected chi connectivity index (χ1v) is 4.00. The van der Waals surface area contributed by atoms with Gasteiger partial charge in [-0.05, 0) is 18.3 Å². The molecule has 0 aromatic rings. The molecule has 1 fully saturated rings. The lowest BCUT2D eigenvalue weighted by molar-refractivity contribution is -0.138. The van der Waals surface area contributed by atoms with Gasteiger partial charge in [-0.3, -0.25) is 9.59 Å². The van der Waals surface area contributed by atoms with Gasteiger partial charge in [0.05, 0.1) is 6.42 Å². The lowest BCUT2D eigenvalue weighted by atomic mass is 10.0. The first-order valence-electron chi connectivity index (χ1n) is 4.00. The predicted octanol–water partition coefficient (Wildman–Crippen LogP) is 0.377. The van der Waals surface area contributed by atoms with Crippen molar-refractivity contribution < 1.29 is 14.7 Å². The van der Waals surface area contributed by atoms with E-state index in [1.165, 1.54) is 6.92 Å². The zero-order valence-electron chi connectivity index (χ0n) is 7.09. The number of carboxylic acid groups (broad SMARTS) is 1. The molecule has 1 aliphatic rings. The zero-order chi connectivity index (χ0) is 9.19. The Balaban J connectivity index is 2.30. The van der Waals surface area contributed by atoms with Gasteiger partial charge in [0.1, 0.15) is 0 Å². The maximum atomic E-state index is 10.5. The van der Waals surface area contributed by atoms with Gasteiger partial charge in [-0.25, -0.2) is 0 Å². The molecule has 12 heavy (non-hydrogen) atoms. The Bertz CT molecular complexity index is 208. The fourth-order valence-corrected chi connectivity index (χ4v) is 1.23. The van der Waals surface area contributed by atoms with Crippen LogP contribution in [0.5, 0.6) is 0 Å². The summed E-state index contributed by atoms with van der Waals surface area (Å²) in [5.41, 5.74) is -0.127. The first kappa shape index (κ1) is 9.03. The Kier molecular flexibility index (Phi) is 2.35. The first-order chi connectivity index (χ1) is 5.54. The van der Waals surface area contributed by atoms with Crippen LogP contribution in [0.2, 0.25) is 0 Å². The van der Waals surface area contributed by atoms with Crippen LogP contribution >= 0.6 is 0 Å². The quantitative estimate of drug-likeness (QED) is 0.642. The van der Waals surface area contributed by atoms with E-state index in [0.717, 1.165) is 12.8 Å². The summed E-state index contributed by atoms with van der Waals surface area (Å²) in [6.07, 6.45) is 2.01. The Labute approximate surface area is 71.0 Å². The number of rotatable bonds is 4. The third kappa shape index (κ3) is 2.53. The molecule has 1 rings (SSSR count). The van der Waals surface area contributed by atoms with Crippen LogP contribution in [0.25, 0.3) is 0 Å². The molecular formula is C8H13NO3. The summed E-state index contributed by atoms with van der Waals surface area (Å²) in [5.74, 6) is -0.871. The van der Waals surface area contributed by atoms with Crippen molar-refractivity contribution in [2.24, 2.45) is 5.41 Å². The van der Waals surface area contributed by atoms with Crippen molar-refractivity contribution in [1.29, 1.82) is 0 Å². The number of aliphatic carboxylic acids is 1. The highest BCUT2D eigenvalue weighted by atomic mass is 16.4. The van der Waals surface area contributed by atoms with E-state index in [1.807, 2.05) is 0 Å². The van der Waals surface area contributed by atoms with Gasteiger partial charge in [0.2, 0.25) is 5.91 Å². The van der Waals surface area contributed by atoms with Crippen molar-refractivity contribution in [3.8, 4) is 0 Å². The number of hydrogen-bond acceptors (Lipinski definition) is 2. The molecule has 0 bridgehead atoms. The average molecular weight is 171 g/mol. The number of nitrogens with one attached hydrogen (secondary N) is 1. The van der Waals surface area contributed by atoms with Crippen LogP contribution in [0.1, 0.15) is 26.2 Å². The summed E-state index contributed by atoms with van der Waals surface area (Å²) in [4.78, 5) is 20.9. The molecule has 0 aromatic carbocycles. The molecule has 0 aromatic heterocycles. The standard InChI is InChI=1S/C8H13NO3/c1-6(10)9-5-8(2-3-8)4-7(11)12/h2-5H2,1H3,(H,9,10)(H,11,12). The molecule has 1 aliphatic carbocycles. The minimum absolute atomic E-state index is 0.0911. The lowest BCUT2D eigenvalue weighted by Crippen LogP contribution is -2.29. The average Bonchev–Trinajstić information content (AvgIpc) is 2.64. The van der Waals surface area contributed by atoms with E-state index in [9.17, 15) is 9.59 Å². The summed E-state index contributed by atoms with van der Waals surface area (Å²) in [7, 11) is 0. The van der Waals surface area contributed by atoms with Crippen LogP contribution in [0.3, 0.4) is 0 Å². The van der Waals surface area contributed by atoms with Gasteiger partial charge in [0.25, 0.3) is 0 Å². The third-order valence-corrected chi connectivity index (χ3v) is 2.20. The second-order valence-corrected chi connectivity index (χ2v) is 3.48. The van der Waals surface area contributed by atoms with E-state index >= 15 is 0 Å². The Morgan fingerprint density at radius 2 is 2.08 bits per heavy atom. The minimum atomic E-state index is -0.780. The Morgan fingerprint density at radius 1 is 1.50 bits per heavy atom. The highest BCUT2D eigenvalue weighted by Crippen LogP contribution is 2.48. The van der Waals surface area contributed by atoms with Crippen LogP contribution in [-0.4, -0.2) is 23.5 Å². The summed E-state index contributed by atoms with van der Waals surface area (Å²) in [6, 6.07) is 0. The molecule has 0 spiro atoms. The molecule has 68 valence electrons. The maximum absolute atomic E-state index is 10.5. The van der Waals surface area contributed by atoms with Crippen LogP contribution in [-0.2, 0) is 9.59 Å². The van der Waals surface area contributed by atoms with Crippen molar-refractivity contribution in [2.45, 2.75) is 26.2 Å². The lowest BCUT2D eigenvalue weighted by Gasteiger charge is -2.11. The fraction of sp³-hybridized carbons (Fsp3) is 0.750. The molecule has 0 heterocycles. The number of carbonyl (C=O) groups is 2. The predicted molar refractivity (Wildman–Crippen MR) is 42.6 cm³/mol. The van der Waals surface area contributed by atoms with Crippen LogP contribution in [0.15, 0.2) is 0 Å². The highest BCUT2D eigenvalue weighted by molar-refractivity contribution is 5.73. The van der Waals surface area contributed by atoms with Crippen LogP contribution < -0.4 is 5.32 Å². The monoisotopic (exact) mass is 171 g/mol. The Hall–Kier alpha value is -1.06. The van der Waals surface area contributed by atoms with Gasteiger partial charge in [0, 0.05) is 13.5 Å². The molecule has 0 saturated heterocycles. The van der Waals surface area contributed by atoms with E-state index in [2.05, 4.69) is 5.32 Å². The number of carboxylic acids is 1. The van der Waals surface area contributed by atoms with Crippen molar-refractivity contribution >= 4 is 11.9 Å². The highest BCUT2D eigenvalue weighted by Gasteiger charge is 2.44. The molecule has 0 unspecified atom stereocenters.